The van der Waals surface area contributed by atoms with Crippen molar-refractivity contribution in [2.45, 2.75) is 0 Å². The summed E-state index contributed by atoms with van der Waals surface area (Å²) < 4.78 is 0. The monoisotopic (exact) mass is 185 g/mol. The van der Waals surface area contributed by atoms with Gasteiger partial charge in [0.15, 0.2) is 0 Å². The molecule has 0 saturated heterocycles. The van der Waals surface area contributed by atoms with Crippen LogP contribution < -0.4 is 16.9 Å². The molecule has 1 heterocycles. The first kappa shape index (κ1) is 10.6. The van der Waals surface area contributed by atoms with Gasteiger partial charge in [0.05, 0.1) is 10.8 Å². The van der Waals surface area contributed by atoms with Crippen molar-refractivity contribution in [3.8, 4) is 0 Å². The van der Waals surface area contributed by atoms with Crippen LogP contribution in [0.2, 0.25) is 0 Å². The molecule has 6 heteroatoms. The van der Waals surface area contributed by atoms with Crippen molar-refractivity contribution in [1.29, 1.82) is 0 Å². The SMILES string of the molecule is Nc1cccc2c(=O)[nH][nH]c(=O)c12.[LiH]. The van der Waals surface area contributed by atoms with Gasteiger partial charge in [0.25, 0.3) is 11.1 Å². The molecule has 14 heavy (non-hydrogen) atoms. The molecular weight excluding hydrogens is 177 g/mol. The Kier molecular flexibility index (Phi) is 2.84. The van der Waals surface area contributed by atoms with Gasteiger partial charge in [-0.25, -0.2) is 0 Å². The van der Waals surface area contributed by atoms with Crippen molar-refractivity contribution >= 4 is 35.3 Å². The van der Waals surface area contributed by atoms with E-state index in [4.69, 9.17) is 5.73 Å². The number of nitrogen functional groups attached to an aromatic ring is 1. The van der Waals surface area contributed by atoms with E-state index in [-0.39, 0.29) is 35.4 Å². The van der Waals surface area contributed by atoms with Crippen LogP contribution in [0.4, 0.5) is 5.69 Å². The van der Waals surface area contributed by atoms with Crippen molar-refractivity contribution in [2.24, 2.45) is 0 Å². The molecule has 2 rings (SSSR count). The summed E-state index contributed by atoms with van der Waals surface area (Å²) in [5.41, 5.74) is 5.14. The summed E-state index contributed by atoms with van der Waals surface area (Å²) in [6.07, 6.45) is 0. The number of nitrogens with two attached hydrogens (primary N) is 1. The summed E-state index contributed by atoms with van der Waals surface area (Å²) in [5.74, 6) is 0. The number of fused-ring (bicyclic) bond motifs is 1. The molecule has 1 aromatic heterocycles. The number of rotatable bonds is 0. The van der Waals surface area contributed by atoms with E-state index in [2.05, 4.69) is 10.2 Å². The summed E-state index contributed by atoms with van der Waals surface area (Å²) in [6, 6.07) is 4.77. The average molecular weight is 185 g/mol. The normalized spacial score (nSPS) is 9.71. The van der Waals surface area contributed by atoms with Gasteiger partial charge >= 0.3 is 18.9 Å². The third-order valence-corrected chi connectivity index (χ3v) is 1.86. The molecule has 68 valence electrons. The molecule has 0 aliphatic heterocycles. The minimum absolute atomic E-state index is 0. The Morgan fingerprint density at radius 2 is 1.71 bits per heavy atom. The zero-order valence-electron chi connectivity index (χ0n) is 6.63. The fourth-order valence-corrected chi connectivity index (χ4v) is 1.26. The van der Waals surface area contributed by atoms with Crippen LogP contribution in [0, 0.1) is 0 Å². The molecule has 0 amide bonds. The number of benzene rings is 1. The molecule has 0 radical (unpaired) electrons. The van der Waals surface area contributed by atoms with Crippen LogP contribution in [0.25, 0.3) is 10.8 Å². The topological polar surface area (TPSA) is 91.7 Å². The maximum absolute atomic E-state index is 11.2. The van der Waals surface area contributed by atoms with Crippen LogP contribution in [0.3, 0.4) is 0 Å². The molecule has 2 aromatic rings. The molecule has 5 nitrogen and oxygen atoms in total. The number of hydrogen-bond donors (Lipinski definition) is 3. The third-order valence-electron chi connectivity index (χ3n) is 1.86. The molecule has 0 aliphatic rings. The van der Waals surface area contributed by atoms with Gasteiger partial charge in [-0.2, -0.15) is 0 Å². The predicted octanol–water partition coefficient (Wildman–Crippen LogP) is -0.850. The fourth-order valence-electron chi connectivity index (χ4n) is 1.26. The van der Waals surface area contributed by atoms with Crippen molar-refractivity contribution < 1.29 is 0 Å². The van der Waals surface area contributed by atoms with E-state index in [0.29, 0.717) is 11.1 Å². The van der Waals surface area contributed by atoms with Crippen LogP contribution in [0.5, 0.6) is 0 Å². The first-order chi connectivity index (χ1) is 6.20. The van der Waals surface area contributed by atoms with Gasteiger partial charge in [-0.3, -0.25) is 19.8 Å². The van der Waals surface area contributed by atoms with Gasteiger partial charge in [0, 0.05) is 5.69 Å². The summed E-state index contributed by atoms with van der Waals surface area (Å²) in [5, 5.41) is 4.98. The number of aromatic nitrogens is 2. The molecule has 0 fully saturated rings. The molecule has 0 aliphatic carbocycles. The molecule has 0 spiro atoms. The number of hydrogen-bond acceptors (Lipinski definition) is 3. The van der Waals surface area contributed by atoms with Crippen LogP contribution in [0.1, 0.15) is 0 Å². The van der Waals surface area contributed by atoms with Gasteiger partial charge in [-0.05, 0) is 12.1 Å². The van der Waals surface area contributed by atoms with Gasteiger partial charge < -0.3 is 5.73 Å². The second-order valence-corrected chi connectivity index (χ2v) is 2.68. The van der Waals surface area contributed by atoms with Crippen molar-refractivity contribution in [3.63, 3.8) is 0 Å². The molecule has 0 saturated carbocycles. The van der Waals surface area contributed by atoms with Gasteiger partial charge in [-0.1, -0.05) is 6.07 Å². The Morgan fingerprint density at radius 1 is 1.07 bits per heavy atom. The zero-order chi connectivity index (χ0) is 9.42. The van der Waals surface area contributed by atoms with E-state index in [0.717, 1.165) is 0 Å². The van der Waals surface area contributed by atoms with E-state index in [1.54, 1.807) is 18.2 Å². The van der Waals surface area contributed by atoms with Gasteiger partial charge in [-0.15, -0.1) is 0 Å². The Balaban J connectivity index is 0.000000980. The first-order valence-electron chi connectivity index (χ1n) is 3.69. The van der Waals surface area contributed by atoms with E-state index >= 15 is 0 Å². The standard InChI is InChI=1S/C8H7N3O2.Li.H/c9-5-3-1-2-4-6(5)8(13)11-10-7(4)12;;/h1-3H,9H2,(H,10,12)(H,11,13);;. The Hall–Kier alpha value is -1.44. The Labute approximate surface area is 90.5 Å². The fraction of sp³-hybridized carbons (Fsp3) is 0. The van der Waals surface area contributed by atoms with Crippen LogP contribution in [0.15, 0.2) is 27.8 Å². The quantitative estimate of drug-likeness (QED) is 0.368. The van der Waals surface area contributed by atoms with Crippen LogP contribution in [-0.4, -0.2) is 29.1 Å². The molecule has 0 atom stereocenters. The zero-order valence-corrected chi connectivity index (χ0v) is 6.63. The number of nitrogens with one attached hydrogen (secondary N) is 2. The van der Waals surface area contributed by atoms with Crippen LogP contribution >= 0.6 is 0 Å². The molecular formula is C8H8LiN3O2. The average Bonchev–Trinajstić information content (AvgIpc) is 2.12. The minimum atomic E-state index is -0.382. The van der Waals surface area contributed by atoms with E-state index in [1.165, 1.54) is 0 Å². The summed E-state index contributed by atoms with van der Waals surface area (Å²) >= 11 is 0. The molecule has 1 aromatic carbocycles. The van der Waals surface area contributed by atoms with Crippen molar-refractivity contribution in [2.75, 3.05) is 5.73 Å². The van der Waals surface area contributed by atoms with Gasteiger partial charge in [0.1, 0.15) is 0 Å². The molecule has 0 bridgehead atoms. The Bertz CT molecular complexity index is 573. The molecule has 0 unspecified atom stereocenters. The number of anilines is 1. The van der Waals surface area contributed by atoms with Crippen LogP contribution in [-0.2, 0) is 0 Å². The van der Waals surface area contributed by atoms with E-state index < -0.39 is 0 Å². The summed E-state index contributed by atoms with van der Waals surface area (Å²) in [7, 11) is 0. The first-order valence-corrected chi connectivity index (χ1v) is 3.69. The predicted molar refractivity (Wildman–Crippen MR) is 56.8 cm³/mol. The second kappa shape index (κ2) is 3.74. The summed E-state index contributed by atoms with van der Waals surface area (Å²) in [4.78, 5) is 22.4. The summed E-state index contributed by atoms with van der Waals surface area (Å²) in [6.45, 7) is 0. The van der Waals surface area contributed by atoms with E-state index in [9.17, 15) is 9.59 Å². The third kappa shape index (κ3) is 1.48. The molecule has 4 N–H and O–H groups in total. The maximum atomic E-state index is 11.2. The van der Waals surface area contributed by atoms with Crippen molar-refractivity contribution in [1.82, 2.24) is 10.2 Å². The van der Waals surface area contributed by atoms with Gasteiger partial charge in [0.2, 0.25) is 0 Å². The van der Waals surface area contributed by atoms with Crippen molar-refractivity contribution in [3.05, 3.63) is 38.9 Å². The second-order valence-electron chi connectivity index (χ2n) is 2.68. The number of H-pyrrole nitrogens is 2. The number of aromatic amines is 2. The van der Waals surface area contributed by atoms with E-state index in [1.807, 2.05) is 0 Å². The Morgan fingerprint density at radius 3 is 2.36 bits per heavy atom.